The van der Waals surface area contributed by atoms with Crippen molar-refractivity contribution in [3.63, 3.8) is 0 Å². The van der Waals surface area contributed by atoms with E-state index in [1.165, 1.54) is 10.4 Å². The van der Waals surface area contributed by atoms with E-state index in [9.17, 15) is 0 Å². The molecule has 1 aromatic carbocycles. The monoisotopic (exact) mass is 313 g/mol. The first-order chi connectivity index (χ1) is 10.6. The third kappa shape index (κ3) is 3.10. The molecule has 2 aromatic heterocycles. The number of benzene rings is 1. The number of aryl methyl sites for hydroxylation is 1. The molecule has 0 amide bonds. The third-order valence-corrected chi connectivity index (χ3v) is 4.86. The first kappa shape index (κ1) is 14.9. The van der Waals surface area contributed by atoms with Gasteiger partial charge in [-0.05, 0) is 37.9 Å². The van der Waals surface area contributed by atoms with Crippen LogP contribution in [-0.4, -0.2) is 22.1 Å². The second kappa shape index (κ2) is 6.42. The number of rotatable bonds is 5. The molecule has 0 aliphatic rings. The number of hydrogen-bond donors (Lipinski definition) is 0. The Labute approximate surface area is 134 Å². The molecule has 0 aliphatic heterocycles. The van der Waals surface area contributed by atoms with Gasteiger partial charge in [-0.3, -0.25) is 4.90 Å². The van der Waals surface area contributed by atoms with Crippen molar-refractivity contribution in [2.24, 2.45) is 0 Å². The summed E-state index contributed by atoms with van der Waals surface area (Å²) in [4.78, 5) is 8.13. The lowest BCUT2D eigenvalue weighted by Crippen LogP contribution is -2.22. The molecule has 0 aliphatic carbocycles. The van der Waals surface area contributed by atoms with E-state index in [4.69, 9.17) is 4.52 Å². The molecule has 114 valence electrons. The topological polar surface area (TPSA) is 42.2 Å². The lowest BCUT2D eigenvalue weighted by molar-refractivity contribution is 0.204. The average molecular weight is 313 g/mol. The van der Waals surface area contributed by atoms with Crippen molar-refractivity contribution in [2.75, 3.05) is 7.05 Å². The molecule has 1 atom stereocenters. The maximum Gasteiger partial charge on any atom is 0.244 e. The molecule has 0 radical (unpaired) electrons. The molecule has 22 heavy (non-hydrogen) atoms. The van der Waals surface area contributed by atoms with E-state index in [0.717, 1.165) is 12.1 Å². The van der Waals surface area contributed by atoms with Gasteiger partial charge in [0.25, 0.3) is 0 Å². The van der Waals surface area contributed by atoms with Gasteiger partial charge in [-0.15, -0.1) is 11.3 Å². The van der Waals surface area contributed by atoms with Crippen LogP contribution in [0, 0.1) is 6.92 Å². The first-order valence-electron chi connectivity index (χ1n) is 7.27. The zero-order valence-electron chi connectivity index (χ0n) is 13.0. The van der Waals surface area contributed by atoms with Crippen molar-refractivity contribution in [3.8, 4) is 11.4 Å². The summed E-state index contributed by atoms with van der Waals surface area (Å²) in [6, 6.07) is 12.1. The highest BCUT2D eigenvalue weighted by molar-refractivity contribution is 7.10. The Morgan fingerprint density at radius 3 is 2.68 bits per heavy atom. The van der Waals surface area contributed by atoms with Crippen molar-refractivity contribution in [2.45, 2.75) is 26.4 Å². The van der Waals surface area contributed by atoms with Gasteiger partial charge < -0.3 is 4.52 Å². The summed E-state index contributed by atoms with van der Waals surface area (Å²) in [5.41, 5.74) is 2.31. The van der Waals surface area contributed by atoms with E-state index in [1.807, 2.05) is 30.3 Å². The van der Waals surface area contributed by atoms with Crippen molar-refractivity contribution >= 4 is 11.3 Å². The molecule has 2 heterocycles. The Balaban J connectivity index is 1.74. The minimum Gasteiger partial charge on any atom is -0.337 e. The van der Waals surface area contributed by atoms with E-state index in [1.54, 1.807) is 11.3 Å². The standard InChI is InChI=1S/C17H19N3OS/c1-12-9-10-22-15(12)11-20(3)13(2)17-18-16(19-21-17)14-7-5-4-6-8-14/h4-10,13H,11H2,1-3H3. The predicted octanol–water partition coefficient (Wildman–Crippen LogP) is 4.30. The smallest absolute Gasteiger partial charge is 0.244 e. The van der Waals surface area contributed by atoms with Crippen LogP contribution in [0.4, 0.5) is 0 Å². The van der Waals surface area contributed by atoms with Crippen LogP contribution in [0.5, 0.6) is 0 Å². The molecule has 4 nitrogen and oxygen atoms in total. The van der Waals surface area contributed by atoms with Gasteiger partial charge in [0.2, 0.25) is 11.7 Å². The third-order valence-electron chi connectivity index (χ3n) is 3.85. The molecular weight excluding hydrogens is 294 g/mol. The number of aromatic nitrogens is 2. The van der Waals surface area contributed by atoms with Crippen molar-refractivity contribution in [1.82, 2.24) is 15.0 Å². The molecule has 0 saturated carbocycles. The van der Waals surface area contributed by atoms with Gasteiger partial charge >= 0.3 is 0 Å². The average Bonchev–Trinajstić information content (AvgIpc) is 3.17. The molecule has 0 fully saturated rings. The normalized spacial score (nSPS) is 12.7. The zero-order valence-corrected chi connectivity index (χ0v) is 13.8. The van der Waals surface area contributed by atoms with Crippen LogP contribution < -0.4 is 0 Å². The van der Waals surface area contributed by atoms with Gasteiger partial charge in [-0.25, -0.2) is 0 Å². The fourth-order valence-electron chi connectivity index (χ4n) is 2.23. The fourth-order valence-corrected chi connectivity index (χ4v) is 3.20. The van der Waals surface area contributed by atoms with Gasteiger partial charge in [0.05, 0.1) is 6.04 Å². The van der Waals surface area contributed by atoms with Crippen LogP contribution in [-0.2, 0) is 6.54 Å². The highest BCUT2D eigenvalue weighted by Crippen LogP contribution is 2.25. The highest BCUT2D eigenvalue weighted by atomic mass is 32.1. The summed E-state index contributed by atoms with van der Waals surface area (Å²) in [7, 11) is 2.08. The van der Waals surface area contributed by atoms with Gasteiger partial charge in [-0.2, -0.15) is 4.98 Å². The predicted molar refractivity (Wildman–Crippen MR) is 88.7 cm³/mol. The number of thiophene rings is 1. The first-order valence-corrected chi connectivity index (χ1v) is 8.15. The molecule has 3 rings (SSSR count). The zero-order chi connectivity index (χ0) is 15.5. The second-order valence-electron chi connectivity index (χ2n) is 5.44. The van der Waals surface area contributed by atoms with E-state index < -0.39 is 0 Å². The lowest BCUT2D eigenvalue weighted by atomic mass is 10.2. The van der Waals surface area contributed by atoms with Crippen LogP contribution in [0.25, 0.3) is 11.4 Å². The van der Waals surface area contributed by atoms with Crippen molar-refractivity contribution in [3.05, 3.63) is 58.1 Å². The molecule has 0 N–H and O–H groups in total. The van der Waals surface area contributed by atoms with E-state index in [2.05, 4.69) is 47.4 Å². The minimum atomic E-state index is 0.0754. The SMILES string of the molecule is Cc1ccsc1CN(C)C(C)c1nc(-c2ccccc2)no1. The summed E-state index contributed by atoms with van der Waals surface area (Å²) in [5, 5.41) is 6.22. The Hall–Kier alpha value is -1.98. The molecule has 1 unspecified atom stereocenters. The summed E-state index contributed by atoms with van der Waals surface area (Å²) in [6.45, 7) is 5.11. The van der Waals surface area contributed by atoms with Gasteiger partial charge in [0.1, 0.15) is 0 Å². The van der Waals surface area contributed by atoms with Crippen LogP contribution in [0.1, 0.15) is 29.3 Å². The van der Waals surface area contributed by atoms with E-state index in [0.29, 0.717) is 11.7 Å². The summed E-state index contributed by atoms with van der Waals surface area (Å²) >= 11 is 1.78. The minimum absolute atomic E-state index is 0.0754. The molecule has 0 saturated heterocycles. The van der Waals surface area contributed by atoms with Crippen LogP contribution >= 0.6 is 11.3 Å². The molecule has 0 spiro atoms. The Kier molecular flexibility index (Phi) is 4.36. The summed E-state index contributed by atoms with van der Waals surface area (Å²) in [5.74, 6) is 1.29. The van der Waals surface area contributed by atoms with E-state index >= 15 is 0 Å². The van der Waals surface area contributed by atoms with Gasteiger partial charge in [0.15, 0.2) is 0 Å². The van der Waals surface area contributed by atoms with E-state index in [-0.39, 0.29) is 6.04 Å². The van der Waals surface area contributed by atoms with Gasteiger partial charge in [0, 0.05) is 17.0 Å². The fraction of sp³-hybridized carbons (Fsp3) is 0.294. The largest absolute Gasteiger partial charge is 0.337 e. The highest BCUT2D eigenvalue weighted by Gasteiger charge is 2.20. The maximum absolute atomic E-state index is 5.45. The quantitative estimate of drug-likeness (QED) is 0.704. The second-order valence-corrected chi connectivity index (χ2v) is 6.44. The van der Waals surface area contributed by atoms with Crippen LogP contribution in [0.3, 0.4) is 0 Å². The van der Waals surface area contributed by atoms with Crippen LogP contribution in [0.2, 0.25) is 0 Å². The summed E-state index contributed by atoms with van der Waals surface area (Å²) < 4.78 is 5.45. The number of nitrogens with zero attached hydrogens (tertiary/aromatic N) is 3. The Morgan fingerprint density at radius 1 is 1.23 bits per heavy atom. The molecule has 3 aromatic rings. The van der Waals surface area contributed by atoms with Crippen molar-refractivity contribution < 1.29 is 4.52 Å². The molecular formula is C17H19N3OS. The molecule has 5 heteroatoms. The van der Waals surface area contributed by atoms with Gasteiger partial charge in [-0.1, -0.05) is 35.5 Å². The van der Waals surface area contributed by atoms with Crippen LogP contribution in [0.15, 0.2) is 46.3 Å². The Morgan fingerprint density at radius 2 is 2.00 bits per heavy atom. The molecule has 0 bridgehead atoms. The maximum atomic E-state index is 5.45. The lowest BCUT2D eigenvalue weighted by Gasteiger charge is -2.21. The number of hydrogen-bond acceptors (Lipinski definition) is 5. The Bertz CT molecular complexity index is 735. The summed E-state index contributed by atoms with van der Waals surface area (Å²) in [6.07, 6.45) is 0. The van der Waals surface area contributed by atoms with Crippen molar-refractivity contribution in [1.29, 1.82) is 0 Å².